The molecular weight excluding hydrogens is 386 g/mol. The molecule has 0 radical (unpaired) electrons. The third-order valence-corrected chi connectivity index (χ3v) is 5.14. The van der Waals surface area contributed by atoms with E-state index in [1.54, 1.807) is 7.11 Å². The number of hydrogen-bond donors (Lipinski definition) is 4. The quantitative estimate of drug-likeness (QED) is 0.544. The number of amides is 4. The molecule has 1 fully saturated rings. The van der Waals surface area contributed by atoms with Crippen LogP contribution in [0.25, 0.3) is 10.9 Å². The van der Waals surface area contributed by atoms with Crippen LogP contribution < -0.4 is 21.1 Å². The molecule has 2 aromatic rings. The lowest BCUT2D eigenvalue weighted by atomic mass is 10.1. The molecule has 2 heterocycles. The Hall–Kier alpha value is -3.67. The molecule has 5 N–H and O–H groups in total. The number of rotatable bonds is 5. The van der Waals surface area contributed by atoms with Crippen LogP contribution in [0.15, 0.2) is 18.2 Å². The zero-order valence-corrected chi connectivity index (χ0v) is 17.0. The summed E-state index contributed by atoms with van der Waals surface area (Å²) in [5.74, 6) is 5.78. The highest BCUT2D eigenvalue weighted by Gasteiger charge is 2.32. The first-order valence-electron chi connectivity index (χ1n) is 9.66. The van der Waals surface area contributed by atoms with Gasteiger partial charge in [0.05, 0.1) is 20.2 Å². The van der Waals surface area contributed by atoms with E-state index in [1.165, 1.54) is 4.90 Å². The van der Waals surface area contributed by atoms with Crippen LogP contribution in [0.2, 0.25) is 0 Å². The van der Waals surface area contributed by atoms with E-state index in [0.717, 1.165) is 28.6 Å². The van der Waals surface area contributed by atoms with Gasteiger partial charge in [-0.25, -0.2) is 4.79 Å². The zero-order chi connectivity index (χ0) is 21.7. The molecule has 0 bridgehead atoms. The standard InChI is InChI=1S/C21H25N5O4/c1-13-15-12-14(30-2)7-8-16(15)25-18(13)20(28)24-10-4-3-9-23-19(27)17-6-5-11-26(17)21(22)29/h7-8,12,17,25H,5-6,9-11H2,1-2H3,(H2,22,29)(H,23,27)(H,24,28)/t17-/m0/s1. The fourth-order valence-electron chi connectivity index (χ4n) is 3.55. The third-order valence-electron chi connectivity index (χ3n) is 5.14. The predicted molar refractivity (Wildman–Crippen MR) is 112 cm³/mol. The number of fused-ring (bicyclic) bond motifs is 1. The van der Waals surface area contributed by atoms with E-state index >= 15 is 0 Å². The minimum Gasteiger partial charge on any atom is -0.497 e. The van der Waals surface area contributed by atoms with Crippen molar-refractivity contribution >= 4 is 28.7 Å². The zero-order valence-electron chi connectivity index (χ0n) is 17.0. The molecule has 4 amide bonds. The van der Waals surface area contributed by atoms with Crippen molar-refractivity contribution in [2.24, 2.45) is 5.73 Å². The summed E-state index contributed by atoms with van der Waals surface area (Å²) < 4.78 is 5.23. The Labute approximate surface area is 174 Å². The molecule has 0 aliphatic carbocycles. The summed E-state index contributed by atoms with van der Waals surface area (Å²) >= 11 is 0. The Morgan fingerprint density at radius 1 is 1.27 bits per heavy atom. The van der Waals surface area contributed by atoms with Crippen molar-refractivity contribution in [3.63, 3.8) is 0 Å². The van der Waals surface area contributed by atoms with E-state index in [9.17, 15) is 14.4 Å². The molecule has 1 aromatic heterocycles. The number of aryl methyl sites for hydroxylation is 1. The molecule has 1 aliphatic rings. The molecule has 0 saturated carbocycles. The number of nitrogens with zero attached hydrogens (tertiary/aromatic N) is 1. The first-order valence-corrected chi connectivity index (χ1v) is 9.66. The van der Waals surface area contributed by atoms with E-state index in [2.05, 4.69) is 27.5 Å². The average molecular weight is 411 g/mol. The highest BCUT2D eigenvalue weighted by Crippen LogP contribution is 2.25. The fourth-order valence-corrected chi connectivity index (χ4v) is 3.55. The van der Waals surface area contributed by atoms with Gasteiger partial charge in [0, 0.05) is 17.4 Å². The van der Waals surface area contributed by atoms with Crippen molar-refractivity contribution in [3.05, 3.63) is 29.5 Å². The number of urea groups is 1. The fraction of sp³-hybridized carbons (Fsp3) is 0.381. The number of nitrogens with one attached hydrogen (secondary N) is 3. The molecule has 3 rings (SSSR count). The molecule has 1 saturated heterocycles. The largest absolute Gasteiger partial charge is 0.497 e. The Morgan fingerprint density at radius 3 is 2.70 bits per heavy atom. The second kappa shape index (κ2) is 9.22. The highest BCUT2D eigenvalue weighted by atomic mass is 16.5. The number of methoxy groups -OCH3 is 1. The van der Waals surface area contributed by atoms with Crippen LogP contribution >= 0.6 is 0 Å². The summed E-state index contributed by atoms with van der Waals surface area (Å²) in [6.07, 6.45) is 1.34. The van der Waals surface area contributed by atoms with E-state index in [1.807, 2.05) is 25.1 Å². The molecule has 1 aromatic carbocycles. The lowest BCUT2D eigenvalue weighted by Gasteiger charge is -2.21. The van der Waals surface area contributed by atoms with Gasteiger partial charge in [-0.3, -0.25) is 9.59 Å². The van der Waals surface area contributed by atoms with Crippen molar-refractivity contribution in [3.8, 4) is 17.6 Å². The number of primary amides is 1. The SMILES string of the molecule is COc1ccc2[nH]c(C(=O)NCC#CCNC(=O)[C@@H]3CCCN3C(N)=O)c(C)c2c1. The summed E-state index contributed by atoms with van der Waals surface area (Å²) in [6, 6.07) is 4.45. The van der Waals surface area contributed by atoms with Crippen molar-refractivity contribution in [2.45, 2.75) is 25.8 Å². The molecule has 1 atom stereocenters. The molecule has 9 nitrogen and oxygen atoms in total. The molecule has 0 spiro atoms. The maximum absolute atomic E-state index is 12.4. The Morgan fingerprint density at radius 2 is 2.00 bits per heavy atom. The highest BCUT2D eigenvalue weighted by molar-refractivity contribution is 6.01. The van der Waals surface area contributed by atoms with Crippen LogP contribution in [0.1, 0.15) is 28.9 Å². The van der Waals surface area contributed by atoms with Gasteiger partial charge < -0.3 is 31.0 Å². The molecule has 30 heavy (non-hydrogen) atoms. The van der Waals surface area contributed by atoms with Gasteiger partial charge >= 0.3 is 6.03 Å². The average Bonchev–Trinajstić information content (AvgIpc) is 3.35. The Kier molecular flexibility index (Phi) is 6.47. The number of aromatic amines is 1. The van der Waals surface area contributed by atoms with Crippen molar-refractivity contribution < 1.29 is 19.1 Å². The normalized spacial score (nSPS) is 15.4. The summed E-state index contributed by atoms with van der Waals surface area (Å²) in [7, 11) is 1.60. The summed E-state index contributed by atoms with van der Waals surface area (Å²) in [4.78, 5) is 40.4. The topological polar surface area (TPSA) is 130 Å². The van der Waals surface area contributed by atoms with Crippen LogP contribution in [0.3, 0.4) is 0 Å². The van der Waals surface area contributed by atoms with Gasteiger partial charge in [-0.2, -0.15) is 0 Å². The maximum atomic E-state index is 12.4. The van der Waals surface area contributed by atoms with Crippen LogP contribution in [0.5, 0.6) is 5.75 Å². The lowest BCUT2D eigenvalue weighted by molar-refractivity contribution is -0.124. The van der Waals surface area contributed by atoms with E-state index in [-0.39, 0.29) is 24.9 Å². The van der Waals surface area contributed by atoms with Gasteiger partial charge in [-0.15, -0.1) is 0 Å². The van der Waals surface area contributed by atoms with E-state index in [4.69, 9.17) is 10.5 Å². The number of H-pyrrole nitrogens is 1. The summed E-state index contributed by atoms with van der Waals surface area (Å²) in [5.41, 5.74) is 7.43. The number of likely N-dealkylation sites (tertiary alicyclic amines) is 1. The Bertz CT molecular complexity index is 1030. The van der Waals surface area contributed by atoms with E-state index < -0.39 is 12.1 Å². The minimum atomic E-state index is -0.591. The molecule has 9 heteroatoms. The molecular formula is C21H25N5O4. The number of benzene rings is 1. The second-order valence-corrected chi connectivity index (χ2v) is 6.98. The number of carbonyl (C=O) groups is 3. The van der Waals surface area contributed by atoms with Crippen LogP contribution in [0, 0.1) is 18.8 Å². The van der Waals surface area contributed by atoms with Gasteiger partial charge in [-0.1, -0.05) is 11.8 Å². The van der Waals surface area contributed by atoms with Crippen molar-refractivity contribution in [2.75, 3.05) is 26.7 Å². The van der Waals surface area contributed by atoms with Gasteiger partial charge in [0.2, 0.25) is 5.91 Å². The van der Waals surface area contributed by atoms with Gasteiger partial charge in [0.1, 0.15) is 17.5 Å². The molecule has 0 unspecified atom stereocenters. The number of aromatic nitrogens is 1. The minimum absolute atomic E-state index is 0.128. The summed E-state index contributed by atoms with van der Waals surface area (Å²) in [6.45, 7) is 2.63. The predicted octanol–water partition coefficient (Wildman–Crippen LogP) is 0.877. The van der Waals surface area contributed by atoms with Crippen molar-refractivity contribution in [1.82, 2.24) is 20.5 Å². The number of ether oxygens (including phenoxy) is 1. The van der Waals surface area contributed by atoms with Crippen molar-refractivity contribution in [1.29, 1.82) is 0 Å². The molecule has 158 valence electrons. The first-order chi connectivity index (χ1) is 14.4. The number of nitrogens with two attached hydrogens (primary N) is 1. The first kappa shape index (κ1) is 21.0. The van der Waals surface area contributed by atoms with Crippen LogP contribution in [-0.4, -0.2) is 60.5 Å². The smallest absolute Gasteiger partial charge is 0.315 e. The second-order valence-electron chi connectivity index (χ2n) is 6.98. The third kappa shape index (κ3) is 4.49. The van der Waals surface area contributed by atoms with Gasteiger partial charge in [0.25, 0.3) is 5.91 Å². The Balaban J connectivity index is 1.49. The van der Waals surface area contributed by atoms with Crippen LogP contribution in [-0.2, 0) is 4.79 Å². The monoisotopic (exact) mass is 411 g/mol. The van der Waals surface area contributed by atoms with E-state index in [0.29, 0.717) is 18.7 Å². The maximum Gasteiger partial charge on any atom is 0.315 e. The van der Waals surface area contributed by atoms with Gasteiger partial charge in [0.15, 0.2) is 0 Å². The number of hydrogen-bond acceptors (Lipinski definition) is 4. The molecule has 1 aliphatic heterocycles. The summed E-state index contributed by atoms with van der Waals surface area (Å²) in [5, 5.41) is 6.33. The van der Waals surface area contributed by atoms with Gasteiger partial charge in [-0.05, 0) is 43.5 Å². The van der Waals surface area contributed by atoms with Crippen LogP contribution in [0.4, 0.5) is 4.79 Å². The number of carbonyl (C=O) groups excluding carboxylic acids is 3. The lowest BCUT2D eigenvalue weighted by Crippen LogP contribution is -2.48.